The number of aromatic nitrogens is 6. The molecule has 66 heavy (non-hydrogen) atoms. The van der Waals surface area contributed by atoms with Gasteiger partial charge in [-0.15, -0.1) is 11.3 Å². The number of thiophene rings is 1. The summed E-state index contributed by atoms with van der Waals surface area (Å²) in [5.74, 6) is 3.80. The zero-order chi connectivity index (χ0) is 44.0. The molecule has 0 fully saturated rings. The Kier molecular flexibility index (Phi) is 9.81. The first-order chi connectivity index (χ1) is 32.6. The molecule has 0 atom stereocenters. The minimum atomic E-state index is 0.626. The molecule has 0 amide bonds. The van der Waals surface area contributed by atoms with Crippen LogP contribution in [-0.2, 0) is 0 Å². The lowest BCUT2D eigenvalue weighted by Gasteiger charge is -2.11. The number of aryl methyl sites for hydroxylation is 1. The zero-order valence-electron chi connectivity index (χ0n) is 35.8. The van der Waals surface area contributed by atoms with Crippen LogP contribution in [0.1, 0.15) is 5.56 Å². The molecule has 6 nitrogen and oxygen atoms in total. The molecule has 0 aliphatic heterocycles. The summed E-state index contributed by atoms with van der Waals surface area (Å²) in [6.45, 7) is 2.19. The van der Waals surface area contributed by atoms with Gasteiger partial charge in [0.15, 0.2) is 34.9 Å². The van der Waals surface area contributed by atoms with Crippen molar-refractivity contribution in [3.05, 3.63) is 218 Å². The Morgan fingerprint density at radius 3 is 1.11 bits per heavy atom. The predicted molar refractivity (Wildman–Crippen MR) is 272 cm³/mol. The average Bonchev–Trinajstić information content (AvgIpc) is 3.78. The number of hydrogen-bond donors (Lipinski definition) is 0. The van der Waals surface area contributed by atoms with Gasteiger partial charge >= 0.3 is 0 Å². The largest absolute Gasteiger partial charge is 0.208 e. The minimum absolute atomic E-state index is 0.626. The summed E-state index contributed by atoms with van der Waals surface area (Å²) in [7, 11) is 0. The summed E-state index contributed by atoms with van der Waals surface area (Å²) in [5.41, 5.74) is 11.3. The highest BCUT2D eigenvalue weighted by molar-refractivity contribution is 7.27. The van der Waals surface area contributed by atoms with Crippen molar-refractivity contribution in [2.75, 3.05) is 0 Å². The normalized spacial score (nSPS) is 11.4. The predicted octanol–water partition coefficient (Wildman–Crippen LogP) is 15.2. The molecule has 0 radical (unpaired) electrons. The van der Waals surface area contributed by atoms with Crippen molar-refractivity contribution in [1.82, 2.24) is 29.9 Å². The smallest absolute Gasteiger partial charge is 0.164 e. The Hall–Kier alpha value is -8.52. The van der Waals surface area contributed by atoms with Gasteiger partial charge in [0.2, 0.25) is 0 Å². The molecule has 0 N–H and O–H groups in total. The lowest BCUT2D eigenvalue weighted by molar-refractivity contribution is 1.07. The fourth-order valence-corrected chi connectivity index (χ4v) is 10.2. The monoisotopic (exact) mass is 862 g/mol. The first-order valence-corrected chi connectivity index (χ1v) is 22.8. The van der Waals surface area contributed by atoms with E-state index in [2.05, 4.69) is 97.9 Å². The maximum atomic E-state index is 5.07. The van der Waals surface area contributed by atoms with Crippen molar-refractivity contribution in [2.24, 2.45) is 0 Å². The van der Waals surface area contributed by atoms with Crippen molar-refractivity contribution in [3.63, 3.8) is 0 Å². The fraction of sp³-hybridized carbons (Fsp3) is 0.0169. The lowest BCUT2D eigenvalue weighted by atomic mass is 9.94. The van der Waals surface area contributed by atoms with Gasteiger partial charge < -0.3 is 0 Å². The molecule has 12 rings (SSSR count). The lowest BCUT2D eigenvalue weighted by Crippen LogP contribution is -2.00. The van der Waals surface area contributed by atoms with Crippen LogP contribution in [0.25, 0.3) is 122 Å². The SMILES string of the molecule is Cc1cc(-c2cccc(-c3nc(-c4ccccc4)nc(-c4ccccc4)n3)c2)c2sc3c(-c4cccc(-c5nc(-c6ccccc6)nc(-c6ccccc6)n5)c4)cc4ccccc4c3c2c1. The highest BCUT2D eigenvalue weighted by atomic mass is 32.1. The van der Waals surface area contributed by atoms with Gasteiger partial charge in [0.05, 0.1) is 0 Å². The second kappa shape index (κ2) is 16.6. The molecule has 0 saturated heterocycles. The third kappa shape index (κ3) is 7.27. The van der Waals surface area contributed by atoms with E-state index in [4.69, 9.17) is 29.9 Å². The van der Waals surface area contributed by atoms with E-state index in [1.807, 2.05) is 133 Å². The van der Waals surface area contributed by atoms with Crippen molar-refractivity contribution >= 4 is 42.3 Å². The zero-order valence-corrected chi connectivity index (χ0v) is 36.6. The highest BCUT2D eigenvalue weighted by Crippen LogP contribution is 2.48. The van der Waals surface area contributed by atoms with Crippen LogP contribution in [0.4, 0.5) is 0 Å². The number of nitrogens with zero attached hydrogens (tertiary/aromatic N) is 6. The van der Waals surface area contributed by atoms with Gasteiger partial charge in [0, 0.05) is 59.1 Å². The Labute approximate surface area is 385 Å². The second-order valence-electron chi connectivity index (χ2n) is 16.4. The standard InChI is InChI=1S/C59H38N6S/c1-37-32-48(42-27-16-29-45(34-42)58-62-54(38-18-6-2-7-19-38)60-55(63-58)39-20-8-3-9-21-39)52-50(33-37)51-47-31-15-14-26-44(47)36-49(53(51)66-52)43-28-17-30-46(35-43)59-64-56(40-22-10-4-11-23-40)61-57(65-59)41-24-12-5-13-25-41/h2-36H,1H3. The van der Waals surface area contributed by atoms with Crippen LogP contribution >= 0.6 is 11.3 Å². The molecule has 3 heterocycles. The van der Waals surface area contributed by atoms with Gasteiger partial charge in [-0.25, -0.2) is 29.9 Å². The summed E-state index contributed by atoms with van der Waals surface area (Å²) in [4.78, 5) is 30.2. The molecule has 3 aromatic heterocycles. The number of fused-ring (bicyclic) bond motifs is 5. The van der Waals surface area contributed by atoms with Gasteiger partial charge in [-0.2, -0.15) is 0 Å². The van der Waals surface area contributed by atoms with Gasteiger partial charge in [-0.1, -0.05) is 182 Å². The Morgan fingerprint density at radius 1 is 0.288 bits per heavy atom. The van der Waals surface area contributed by atoms with Crippen LogP contribution in [0.2, 0.25) is 0 Å². The third-order valence-electron chi connectivity index (χ3n) is 12.0. The maximum Gasteiger partial charge on any atom is 0.164 e. The molecule has 0 saturated carbocycles. The van der Waals surface area contributed by atoms with E-state index >= 15 is 0 Å². The minimum Gasteiger partial charge on any atom is -0.208 e. The van der Waals surface area contributed by atoms with Crippen LogP contribution < -0.4 is 0 Å². The van der Waals surface area contributed by atoms with Gasteiger partial charge in [0.1, 0.15) is 0 Å². The summed E-state index contributed by atoms with van der Waals surface area (Å²) in [6, 6.07) is 73.5. The average molecular weight is 863 g/mol. The Bertz CT molecular complexity index is 3650. The van der Waals surface area contributed by atoms with Gasteiger partial charge in [-0.3, -0.25) is 0 Å². The second-order valence-corrected chi connectivity index (χ2v) is 17.4. The molecular formula is C59H38N6S. The van der Waals surface area contributed by atoms with E-state index in [1.165, 1.54) is 42.1 Å². The number of rotatable bonds is 8. The van der Waals surface area contributed by atoms with E-state index in [0.29, 0.717) is 34.9 Å². The molecule has 0 aliphatic rings. The first-order valence-electron chi connectivity index (χ1n) is 21.9. The van der Waals surface area contributed by atoms with Crippen LogP contribution in [0.5, 0.6) is 0 Å². The quantitative estimate of drug-likeness (QED) is 0.151. The topological polar surface area (TPSA) is 77.3 Å². The van der Waals surface area contributed by atoms with E-state index < -0.39 is 0 Å². The molecule has 0 aliphatic carbocycles. The Morgan fingerprint density at radius 2 is 0.652 bits per heavy atom. The van der Waals surface area contributed by atoms with Gasteiger partial charge in [0.25, 0.3) is 0 Å². The van der Waals surface area contributed by atoms with E-state index in [9.17, 15) is 0 Å². The molecule has 0 spiro atoms. The summed E-state index contributed by atoms with van der Waals surface area (Å²) >= 11 is 1.85. The molecular weight excluding hydrogens is 825 g/mol. The maximum absolute atomic E-state index is 5.07. The molecule has 12 aromatic rings. The van der Waals surface area contributed by atoms with Crippen molar-refractivity contribution < 1.29 is 0 Å². The molecule has 0 bridgehead atoms. The van der Waals surface area contributed by atoms with Crippen LogP contribution in [-0.4, -0.2) is 29.9 Å². The van der Waals surface area contributed by atoms with Gasteiger partial charge in [-0.05, 0) is 70.3 Å². The Balaban J connectivity index is 1.02. The van der Waals surface area contributed by atoms with Crippen LogP contribution in [0, 0.1) is 6.92 Å². The van der Waals surface area contributed by atoms with Crippen molar-refractivity contribution in [2.45, 2.75) is 6.92 Å². The summed E-state index contributed by atoms with van der Waals surface area (Å²) < 4.78 is 2.46. The number of benzene rings is 9. The third-order valence-corrected chi connectivity index (χ3v) is 13.2. The summed E-state index contributed by atoms with van der Waals surface area (Å²) in [6.07, 6.45) is 0. The fourth-order valence-electron chi connectivity index (χ4n) is 8.83. The molecule has 7 heteroatoms. The van der Waals surface area contributed by atoms with Crippen molar-refractivity contribution in [1.29, 1.82) is 0 Å². The molecule has 0 unspecified atom stereocenters. The molecule has 9 aromatic carbocycles. The van der Waals surface area contributed by atoms with Crippen LogP contribution in [0.15, 0.2) is 212 Å². The van der Waals surface area contributed by atoms with E-state index in [0.717, 1.165) is 50.1 Å². The number of hydrogen-bond acceptors (Lipinski definition) is 7. The van der Waals surface area contributed by atoms with E-state index in [-0.39, 0.29) is 0 Å². The molecule has 310 valence electrons. The van der Waals surface area contributed by atoms with E-state index in [1.54, 1.807) is 0 Å². The van der Waals surface area contributed by atoms with Crippen molar-refractivity contribution in [3.8, 4) is 90.6 Å². The highest BCUT2D eigenvalue weighted by Gasteiger charge is 2.20. The first kappa shape index (κ1) is 39.1. The van der Waals surface area contributed by atoms with Crippen LogP contribution in [0.3, 0.4) is 0 Å². The summed E-state index contributed by atoms with van der Waals surface area (Å²) in [5, 5.41) is 4.91.